The van der Waals surface area contributed by atoms with Crippen molar-refractivity contribution in [3.05, 3.63) is 35.5 Å². The van der Waals surface area contributed by atoms with Gasteiger partial charge in [0.1, 0.15) is 0 Å². The summed E-state index contributed by atoms with van der Waals surface area (Å²) in [4.78, 5) is 18.6. The Bertz CT molecular complexity index is 681. The van der Waals surface area contributed by atoms with Gasteiger partial charge in [-0.05, 0) is 33.8 Å². The van der Waals surface area contributed by atoms with E-state index in [-0.39, 0.29) is 24.0 Å². The Morgan fingerprint density at radius 3 is 2.59 bits per heavy atom. The van der Waals surface area contributed by atoms with E-state index in [1.807, 2.05) is 38.1 Å². The van der Waals surface area contributed by atoms with E-state index in [2.05, 4.69) is 23.7 Å². The summed E-state index contributed by atoms with van der Waals surface area (Å²) >= 11 is 0. The van der Waals surface area contributed by atoms with Crippen LogP contribution in [0.1, 0.15) is 36.8 Å². The second-order valence-corrected chi connectivity index (χ2v) is 6.42. The number of Topliss-reactive ketones (excluding diaryl/α,β-unsaturated/α-hetero) is 1. The van der Waals surface area contributed by atoms with E-state index < -0.39 is 0 Å². The molecule has 0 amide bonds. The number of hydrogen-bond acceptors (Lipinski definition) is 3. The first kappa shape index (κ1) is 15.3. The molecule has 0 saturated carbocycles. The number of carbonyl (C=O) groups excluding carboxylic acids is 1. The van der Waals surface area contributed by atoms with Crippen molar-refractivity contribution in [1.82, 2.24) is 9.88 Å². The fourth-order valence-electron chi connectivity index (χ4n) is 3.50. The quantitative estimate of drug-likeness (QED) is 0.886. The van der Waals surface area contributed by atoms with Gasteiger partial charge in [-0.2, -0.15) is 0 Å². The van der Waals surface area contributed by atoms with Gasteiger partial charge in [0.05, 0.1) is 18.2 Å². The Balaban J connectivity index is 1.90. The Hall–Kier alpha value is -1.65. The summed E-state index contributed by atoms with van der Waals surface area (Å²) in [5.41, 5.74) is 2.81. The van der Waals surface area contributed by atoms with E-state index in [1.165, 1.54) is 0 Å². The fourth-order valence-corrected chi connectivity index (χ4v) is 3.50. The first-order valence-corrected chi connectivity index (χ1v) is 7.98. The van der Waals surface area contributed by atoms with Gasteiger partial charge in [-0.15, -0.1) is 0 Å². The number of morpholine rings is 1. The highest BCUT2D eigenvalue weighted by Gasteiger charge is 2.31. The van der Waals surface area contributed by atoms with Crippen molar-refractivity contribution < 1.29 is 9.53 Å². The van der Waals surface area contributed by atoms with Crippen LogP contribution in [0.15, 0.2) is 24.3 Å². The molecule has 3 rings (SSSR count). The lowest BCUT2D eigenvalue weighted by molar-refractivity contribution is -0.0744. The number of aryl methyl sites for hydroxylation is 1. The summed E-state index contributed by atoms with van der Waals surface area (Å²) in [6.45, 7) is 9.73. The Morgan fingerprint density at radius 1 is 1.27 bits per heavy atom. The van der Waals surface area contributed by atoms with Crippen molar-refractivity contribution in [3.63, 3.8) is 0 Å². The number of rotatable bonds is 3. The van der Waals surface area contributed by atoms with E-state index in [4.69, 9.17) is 4.74 Å². The van der Waals surface area contributed by atoms with Crippen LogP contribution in [-0.2, 0) is 4.74 Å². The molecule has 0 spiro atoms. The summed E-state index contributed by atoms with van der Waals surface area (Å²) in [6, 6.07) is 7.87. The molecule has 2 aromatic rings. The van der Waals surface area contributed by atoms with Gasteiger partial charge in [-0.25, -0.2) is 0 Å². The van der Waals surface area contributed by atoms with Crippen molar-refractivity contribution in [3.8, 4) is 0 Å². The maximum Gasteiger partial charge on any atom is 0.182 e. The lowest BCUT2D eigenvalue weighted by Crippen LogP contribution is -2.51. The van der Waals surface area contributed by atoms with Gasteiger partial charge >= 0.3 is 0 Å². The van der Waals surface area contributed by atoms with Crippen LogP contribution < -0.4 is 0 Å². The van der Waals surface area contributed by atoms with Gasteiger partial charge in [0.25, 0.3) is 0 Å². The number of ketones is 1. The smallest absolute Gasteiger partial charge is 0.182 e. The number of aromatic amines is 1. The monoisotopic (exact) mass is 300 g/mol. The Kier molecular flexibility index (Phi) is 4.06. The van der Waals surface area contributed by atoms with E-state index in [0.29, 0.717) is 0 Å². The molecule has 1 fully saturated rings. The van der Waals surface area contributed by atoms with Gasteiger partial charge in [0.15, 0.2) is 5.78 Å². The van der Waals surface area contributed by atoms with E-state index in [0.717, 1.165) is 35.2 Å². The number of hydrogen-bond donors (Lipinski definition) is 1. The number of para-hydroxylation sites is 1. The van der Waals surface area contributed by atoms with Crippen molar-refractivity contribution in [2.24, 2.45) is 0 Å². The van der Waals surface area contributed by atoms with Gasteiger partial charge < -0.3 is 9.72 Å². The van der Waals surface area contributed by atoms with Crippen LogP contribution in [0, 0.1) is 6.92 Å². The Morgan fingerprint density at radius 2 is 1.91 bits per heavy atom. The maximum absolute atomic E-state index is 13.1. The molecule has 2 heterocycles. The highest BCUT2D eigenvalue weighted by Crippen LogP contribution is 2.25. The van der Waals surface area contributed by atoms with Crippen LogP contribution in [0.25, 0.3) is 10.9 Å². The van der Waals surface area contributed by atoms with Crippen molar-refractivity contribution >= 4 is 16.7 Å². The zero-order valence-corrected chi connectivity index (χ0v) is 13.7. The second kappa shape index (κ2) is 5.86. The normalized spacial score (nSPS) is 24.5. The molecule has 118 valence electrons. The average Bonchev–Trinajstić information content (AvgIpc) is 2.80. The second-order valence-electron chi connectivity index (χ2n) is 6.42. The summed E-state index contributed by atoms with van der Waals surface area (Å²) < 4.78 is 5.77. The molecule has 3 atom stereocenters. The fraction of sp³-hybridized carbons (Fsp3) is 0.500. The number of aromatic nitrogens is 1. The summed E-state index contributed by atoms with van der Waals surface area (Å²) in [7, 11) is 0. The molecule has 22 heavy (non-hydrogen) atoms. The van der Waals surface area contributed by atoms with Crippen molar-refractivity contribution in [1.29, 1.82) is 0 Å². The number of ether oxygens (including phenoxy) is 1. The largest absolute Gasteiger partial charge is 0.373 e. The average molecular weight is 300 g/mol. The topological polar surface area (TPSA) is 45.3 Å². The number of fused-ring (bicyclic) bond motifs is 1. The third-order valence-corrected chi connectivity index (χ3v) is 4.51. The third-order valence-electron chi connectivity index (χ3n) is 4.51. The third kappa shape index (κ3) is 2.69. The molecule has 1 aliphatic heterocycles. The molecule has 1 aliphatic rings. The minimum absolute atomic E-state index is 0.133. The molecule has 1 saturated heterocycles. The van der Waals surface area contributed by atoms with Crippen LogP contribution in [-0.4, -0.2) is 47.0 Å². The summed E-state index contributed by atoms with van der Waals surface area (Å²) in [6.07, 6.45) is 0.339. The Labute approximate surface area is 131 Å². The lowest BCUT2D eigenvalue weighted by atomic mass is 10.00. The minimum atomic E-state index is -0.133. The molecule has 4 heteroatoms. The van der Waals surface area contributed by atoms with Crippen molar-refractivity contribution in [2.75, 3.05) is 13.1 Å². The van der Waals surface area contributed by atoms with Crippen LogP contribution in [0.3, 0.4) is 0 Å². The van der Waals surface area contributed by atoms with Crippen LogP contribution >= 0.6 is 0 Å². The molecule has 0 aliphatic carbocycles. The number of H-pyrrole nitrogens is 1. The predicted octanol–water partition coefficient (Wildman–Crippen LogP) is 3.16. The first-order valence-electron chi connectivity index (χ1n) is 7.98. The first-order chi connectivity index (χ1) is 10.5. The molecule has 0 unspecified atom stereocenters. The van der Waals surface area contributed by atoms with E-state index >= 15 is 0 Å². The number of carbonyl (C=O) groups is 1. The van der Waals surface area contributed by atoms with Crippen LogP contribution in [0.5, 0.6) is 0 Å². The highest BCUT2D eigenvalue weighted by atomic mass is 16.5. The molecular formula is C18H24N2O2. The SMILES string of the molecule is Cc1[nH]c2ccccc2c1C(=O)[C@H](C)N1C[C@@H](C)O[C@H](C)C1. The minimum Gasteiger partial charge on any atom is -0.373 e. The molecule has 1 aromatic heterocycles. The predicted molar refractivity (Wildman–Crippen MR) is 88.4 cm³/mol. The summed E-state index contributed by atoms with van der Waals surface area (Å²) in [5.74, 6) is 0.191. The van der Waals surface area contributed by atoms with Crippen LogP contribution in [0.4, 0.5) is 0 Å². The molecule has 1 N–H and O–H groups in total. The van der Waals surface area contributed by atoms with E-state index in [1.54, 1.807) is 0 Å². The van der Waals surface area contributed by atoms with Crippen LogP contribution in [0.2, 0.25) is 0 Å². The van der Waals surface area contributed by atoms with E-state index in [9.17, 15) is 4.79 Å². The highest BCUT2D eigenvalue weighted by molar-refractivity contribution is 6.11. The molecule has 1 aromatic carbocycles. The molecule has 0 radical (unpaired) electrons. The standard InChI is InChI=1S/C18H24N2O2/c1-11-9-20(10-12(2)22-11)14(4)18(21)17-13(3)19-16-8-6-5-7-15(16)17/h5-8,11-12,14,19H,9-10H2,1-4H3/t11-,12-,14+/m1/s1. The van der Waals surface area contributed by atoms with Crippen molar-refractivity contribution in [2.45, 2.75) is 45.9 Å². The maximum atomic E-state index is 13.1. The van der Waals surface area contributed by atoms with Gasteiger partial charge in [-0.3, -0.25) is 9.69 Å². The zero-order chi connectivity index (χ0) is 15.9. The zero-order valence-electron chi connectivity index (χ0n) is 13.7. The molecule has 4 nitrogen and oxygen atoms in total. The summed E-state index contributed by atoms with van der Waals surface area (Å²) in [5, 5.41) is 1.02. The molecular weight excluding hydrogens is 276 g/mol. The van der Waals surface area contributed by atoms with Gasteiger partial charge in [0.2, 0.25) is 0 Å². The van der Waals surface area contributed by atoms with Gasteiger partial charge in [-0.1, -0.05) is 18.2 Å². The lowest BCUT2D eigenvalue weighted by Gasteiger charge is -2.38. The van der Waals surface area contributed by atoms with Gasteiger partial charge in [0, 0.05) is 35.2 Å². The number of benzene rings is 1. The molecule has 0 bridgehead atoms. The number of nitrogens with one attached hydrogen (secondary N) is 1. The number of nitrogens with zero attached hydrogens (tertiary/aromatic N) is 1.